The van der Waals surface area contributed by atoms with Gasteiger partial charge in [0.25, 0.3) is 5.69 Å². The van der Waals surface area contributed by atoms with Crippen molar-refractivity contribution in [3.05, 3.63) is 54.2 Å². The van der Waals surface area contributed by atoms with Crippen LogP contribution in [0.1, 0.15) is 5.56 Å². The summed E-state index contributed by atoms with van der Waals surface area (Å²) >= 11 is 0. The summed E-state index contributed by atoms with van der Waals surface area (Å²) in [4.78, 5) is 0. The van der Waals surface area contributed by atoms with Crippen molar-refractivity contribution in [3.8, 4) is 11.3 Å². The van der Waals surface area contributed by atoms with Gasteiger partial charge in [-0.25, -0.2) is 0 Å². The molecule has 0 amide bonds. The molecule has 104 valence electrons. The van der Waals surface area contributed by atoms with Crippen LogP contribution in [0.5, 0.6) is 0 Å². The first-order chi connectivity index (χ1) is 9.59. The average molecular weight is 269 g/mol. The van der Waals surface area contributed by atoms with Crippen LogP contribution in [-0.2, 0) is 0 Å². The molecule has 0 N–H and O–H groups in total. The fourth-order valence-electron chi connectivity index (χ4n) is 2.02. The van der Waals surface area contributed by atoms with E-state index < -0.39 is 0 Å². The Morgan fingerprint density at radius 1 is 0.950 bits per heavy atom. The Bertz CT molecular complexity index is 589. The number of hydrazone groups is 1. The van der Waals surface area contributed by atoms with E-state index in [1.165, 1.54) is 5.56 Å². The number of rotatable bonds is 4. The van der Waals surface area contributed by atoms with Gasteiger partial charge in [-0.1, -0.05) is 22.9 Å². The Kier molecular flexibility index (Phi) is 4.35. The largest absolute Gasteiger partial charge is 0.303 e. The van der Waals surface area contributed by atoms with Crippen molar-refractivity contribution in [1.29, 1.82) is 0 Å². The fourth-order valence-corrected chi connectivity index (χ4v) is 2.02. The summed E-state index contributed by atoms with van der Waals surface area (Å²) in [6.07, 6.45) is 3.94. The van der Waals surface area contributed by atoms with E-state index >= 15 is 0 Å². The third-order valence-electron chi connectivity index (χ3n) is 2.91. The van der Waals surface area contributed by atoms with Crippen LogP contribution in [0.2, 0.25) is 0 Å². The molecule has 2 aromatic rings. The predicted molar refractivity (Wildman–Crippen MR) is 83.4 cm³/mol. The maximum absolute atomic E-state index is 4.36. The Balaban J connectivity index is 2.60. The number of aromatic nitrogens is 1. The fraction of sp³-hybridized carbons (Fsp3) is 0.250. The lowest BCUT2D eigenvalue weighted by molar-refractivity contribution is -0.676. The van der Waals surface area contributed by atoms with Gasteiger partial charge in [0.1, 0.15) is 0 Å². The highest BCUT2D eigenvalue weighted by Gasteiger charge is 2.19. The highest BCUT2D eigenvalue weighted by molar-refractivity contribution is 5.87. The average Bonchev–Trinajstić information content (AvgIpc) is 2.45. The van der Waals surface area contributed by atoms with Gasteiger partial charge in [-0.05, 0) is 18.2 Å². The van der Waals surface area contributed by atoms with Crippen LogP contribution in [0.3, 0.4) is 0 Å². The number of hydrogen-bond acceptors (Lipinski definition) is 3. The van der Waals surface area contributed by atoms with E-state index in [-0.39, 0.29) is 0 Å². The molecule has 0 aliphatic heterocycles. The first-order valence-corrected chi connectivity index (χ1v) is 6.58. The van der Waals surface area contributed by atoms with Crippen molar-refractivity contribution in [2.45, 2.75) is 0 Å². The molecule has 0 unspecified atom stereocenters. The summed E-state index contributed by atoms with van der Waals surface area (Å²) in [5, 5.41) is 8.20. The van der Waals surface area contributed by atoms with Gasteiger partial charge in [0.15, 0.2) is 6.20 Å². The SMILES string of the molecule is CN(C)/N=C/c1ccc[n+](N(C)C)c1-c1ccccc1. The zero-order valence-corrected chi connectivity index (χ0v) is 12.5. The van der Waals surface area contributed by atoms with E-state index in [1.54, 1.807) is 5.01 Å². The number of nitrogens with zero attached hydrogens (tertiary/aromatic N) is 4. The van der Waals surface area contributed by atoms with E-state index in [2.05, 4.69) is 51.3 Å². The summed E-state index contributed by atoms with van der Waals surface area (Å²) in [5.74, 6) is 0. The summed E-state index contributed by atoms with van der Waals surface area (Å²) in [7, 11) is 7.89. The maximum atomic E-state index is 4.36. The Morgan fingerprint density at radius 3 is 2.25 bits per heavy atom. The molecule has 4 nitrogen and oxygen atoms in total. The van der Waals surface area contributed by atoms with Crippen molar-refractivity contribution >= 4 is 6.21 Å². The van der Waals surface area contributed by atoms with Crippen molar-refractivity contribution in [1.82, 2.24) is 5.01 Å². The zero-order valence-electron chi connectivity index (χ0n) is 12.5. The highest BCUT2D eigenvalue weighted by atomic mass is 15.5. The molecule has 0 aliphatic carbocycles. The molecule has 0 aliphatic rings. The van der Waals surface area contributed by atoms with Gasteiger partial charge in [0.2, 0.25) is 0 Å². The van der Waals surface area contributed by atoms with Crippen molar-refractivity contribution in [3.63, 3.8) is 0 Å². The van der Waals surface area contributed by atoms with Gasteiger partial charge >= 0.3 is 0 Å². The lowest BCUT2D eigenvalue weighted by Crippen LogP contribution is -2.54. The topological polar surface area (TPSA) is 22.7 Å². The zero-order chi connectivity index (χ0) is 14.5. The van der Waals surface area contributed by atoms with E-state index in [4.69, 9.17) is 0 Å². The molecule has 4 heteroatoms. The minimum atomic E-state index is 1.08. The lowest BCUT2D eigenvalue weighted by atomic mass is 10.1. The second kappa shape index (κ2) is 6.19. The first kappa shape index (κ1) is 14.1. The summed E-state index contributed by atoms with van der Waals surface area (Å²) < 4.78 is 2.12. The second-order valence-corrected chi connectivity index (χ2v) is 4.96. The molecular weight excluding hydrogens is 248 g/mol. The highest BCUT2D eigenvalue weighted by Crippen LogP contribution is 2.18. The van der Waals surface area contributed by atoms with Crippen LogP contribution < -0.4 is 9.69 Å². The number of benzene rings is 1. The Morgan fingerprint density at radius 2 is 1.65 bits per heavy atom. The van der Waals surface area contributed by atoms with Crippen LogP contribution in [-0.4, -0.2) is 39.4 Å². The number of hydrogen-bond donors (Lipinski definition) is 0. The third kappa shape index (κ3) is 3.15. The van der Waals surface area contributed by atoms with Gasteiger partial charge in [0.05, 0.1) is 25.9 Å². The molecule has 0 saturated carbocycles. The van der Waals surface area contributed by atoms with Crippen LogP contribution in [0.4, 0.5) is 0 Å². The Hall–Kier alpha value is -2.36. The quantitative estimate of drug-likeness (QED) is 0.479. The van der Waals surface area contributed by atoms with Crippen molar-refractivity contribution in [2.75, 3.05) is 33.2 Å². The van der Waals surface area contributed by atoms with Gasteiger partial charge in [-0.3, -0.25) is 0 Å². The van der Waals surface area contributed by atoms with E-state index in [1.807, 2.05) is 46.5 Å². The third-order valence-corrected chi connectivity index (χ3v) is 2.91. The van der Waals surface area contributed by atoms with Crippen LogP contribution >= 0.6 is 0 Å². The molecule has 1 aromatic carbocycles. The molecule has 2 rings (SSSR count). The minimum absolute atomic E-state index is 1.08. The van der Waals surface area contributed by atoms with Crippen molar-refractivity contribution < 1.29 is 4.68 Å². The van der Waals surface area contributed by atoms with Crippen LogP contribution in [0, 0.1) is 0 Å². The van der Waals surface area contributed by atoms with Crippen LogP contribution in [0.15, 0.2) is 53.8 Å². The second-order valence-electron chi connectivity index (χ2n) is 4.96. The van der Waals surface area contributed by atoms with Crippen molar-refractivity contribution in [2.24, 2.45) is 5.10 Å². The van der Waals surface area contributed by atoms with Gasteiger partial charge in [-0.2, -0.15) is 10.1 Å². The molecule has 0 atom stereocenters. The molecule has 0 radical (unpaired) electrons. The predicted octanol–water partition coefficient (Wildman–Crippen LogP) is 1.73. The summed E-state index contributed by atoms with van der Waals surface area (Å²) in [6.45, 7) is 0. The Labute approximate surface area is 120 Å². The van der Waals surface area contributed by atoms with Gasteiger partial charge in [-0.15, -0.1) is 0 Å². The molecule has 0 fully saturated rings. The van der Waals surface area contributed by atoms with Gasteiger partial charge in [0, 0.05) is 25.7 Å². The van der Waals surface area contributed by atoms with Crippen LogP contribution in [0.25, 0.3) is 11.3 Å². The molecular formula is C16H21N4+. The normalized spacial score (nSPS) is 10.8. The minimum Gasteiger partial charge on any atom is -0.303 e. The standard InChI is InChI=1S/C16H21N4/c1-18(2)17-13-15-11-8-12-20(19(3)4)16(15)14-9-6-5-7-10-14/h5-13H,1-4H3/q+1/b17-13+. The molecule has 1 heterocycles. The number of pyridine rings is 1. The lowest BCUT2D eigenvalue weighted by Gasteiger charge is -2.12. The molecule has 0 bridgehead atoms. The van der Waals surface area contributed by atoms with E-state index in [9.17, 15) is 0 Å². The van der Waals surface area contributed by atoms with Gasteiger partial charge < -0.3 is 5.01 Å². The van der Waals surface area contributed by atoms with E-state index in [0.29, 0.717) is 0 Å². The summed E-state index contributed by atoms with van der Waals surface area (Å²) in [6, 6.07) is 14.5. The monoisotopic (exact) mass is 269 g/mol. The maximum Gasteiger partial charge on any atom is 0.251 e. The molecule has 0 saturated heterocycles. The molecule has 0 spiro atoms. The first-order valence-electron chi connectivity index (χ1n) is 6.58. The summed E-state index contributed by atoms with van der Waals surface area (Å²) in [5.41, 5.74) is 3.38. The smallest absolute Gasteiger partial charge is 0.251 e. The molecule has 20 heavy (non-hydrogen) atoms. The molecule has 1 aromatic heterocycles. The van der Waals surface area contributed by atoms with E-state index in [0.717, 1.165) is 11.3 Å².